The molecule has 0 aromatic heterocycles. The lowest BCUT2D eigenvalue weighted by molar-refractivity contribution is -0.128. The number of anilines is 1. The first-order chi connectivity index (χ1) is 9.11. The molecular weight excluding hydrogens is 246 g/mol. The number of hydrogen-bond acceptors (Lipinski definition) is 4. The molecule has 2 rings (SSSR count). The van der Waals surface area contributed by atoms with Gasteiger partial charge in [0, 0.05) is 18.8 Å². The molecule has 1 saturated heterocycles. The Kier molecular flexibility index (Phi) is 3.89. The number of nitrogens with one attached hydrogen (secondary N) is 2. The highest BCUT2D eigenvalue weighted by atomic mass is 16.5. The van der Waals surface area contributed by atoms with Gasteiger partial charge in [0.15, 0.2) is 0 Å². The molecule has 0 aliphatic carbocycles. The summed E-state index contributed by atoms with van der Waals surface area (Å²) in [5, 5.41) is 5.67. The van der Waals surface area contributed by atoms with E-state index in [1.54, 1.807) is 14.0 Å². The Hall–Kier alpha value is -2.24. The van der Waals surface area contributed by atoms with Crippen LogP contribution in [0.25, 0.3) is 0 Å². The van der Waals surface area contributed by atoms with Gasteiger partial charge < -0.3 is 15.4 Å². The van der Waals surface area contributed by atoms with E-state index in [1.165, 1.54) is 4.90 Å². The molecule has 0 bridgehead atoms. The van der Waals surface area contributed by atoms with Gasteiger partial charge in [-0.3, -0.25) is 9.69 Å². The maximum absolute atomic E-state index is 12.1. The summed E-state index contributed by atoms with van der Waals surface area (Å²) in [6, 6.07) is 6.48. The highest BCUT2D eigenvalue weighted by Gasteiger charge is 2.29. The summed E-state index contributed by atoms with van der Waals surface area (Å²) in [5.74, 6) is 0.522. The molecule has 19 heavy (non-hydrogen) atoms. The third-order valence-electron chi connectivity index (χ3n) is 2.97. The summed E-state index contributed by atoms with van der Waals surface area (Å²) in [5.41, 5.74) is 0.807. The summed E-state index contributed by atoms with van der Waals surface area (Å²) < 4.78 is 5.06. The summed E-state index contributed by atoms with van der Waals surface area (Å²) in [6.07, 6.45) is 0. The van der Waals surface area contributed by atoms with Gasteiger partial charge >= 0.3 is 6.03 Å². The van der Waals surface area contributed by atoms with Crippen molar-refractivity contribution in [3.63, 3.8) is 0 Å². The average molecular weight is 263 g/mol. The molecule has 0 radical (unpaired) electrons. The van der Waals surface area contributed by atoms with Crippen LogP contribution in [-0.4, -0.2) is 43.1 Å². The minimum Gasteiger partial charge on any atom is -0.497 e. The van der Waals surface area contributed by atoms with Crippen LogP contribution in [-0.2, 0) is 4.79 Å². The largest absolute Gasteiger partial charge is 0.497 e. The molecule has 1 aliphatic heterocycles. The van der Waals surface area contributed by atoms with Crippen LogP contribution in [0.3, 0.4) is 0 Å². The van der Waals surface area contributed by atoms with E-state index in [9.17, 15) is 9.59 Å². The highest BCUT2D eigenvalue weighted by molar-refractivity contribution is 5.99. The Labute approximate surface area is 111 Å². The summed E-state index contributed by atoms with van der Waals surface area (Å²) in [6.45, 7) is 2.67. The van der Waals surface area contributed by atoms with Gasteiger partial charge in [-0.25, -0.2) is 4.79 Å². The molecule has 3 amide bonds. The van der Waals surface area contributed by atoms with Crippen LogP contribution in [0.15, 0.2) is 24.3 Å². The number of carbonyl (C=O) groups is 2. The van der Waals surface area contributed by atoms with Crippen molar-refractivity contribution in [1.29, 1.82) is 0 Å². The smallest absolute Gasteiger partial charge is 0.324 e. The molecule has 0 spiro atoms. The van der Waals surface area contributed by atoms with Crippen LogP contribution >= 0.6 is 0 Å². The molecule has 1 aromatic rings. The van der Waals surface area contributed by atoms with Crippen molar-refractivity contribution in [3.05, 3.63) is 24.3 Å². The quantitative estimate of drug-likeness (QED) is 0.851. The fourth-order valence-corrected chi connectivity index (χ4v) is 1.91. The molecule has 1 heterocycles. The summed E-state index contributed by atoms with van der Waals surface area (Å²) in [4.78, 5) is 24.7. The predicted molar refractivity (Wildman–Crippen MR) is 71.2 cm³/mol. The first-order valence-electron chi connectivity index (χ1n) is 6.11. The maximum atomic E-state index is 12.1. The fraction of sp³-hybridized carbons (Fsp3) is 0.385. The Morgan fingerprint density at radius 2 is 2.11 bits per heavy atom. The maximum Gasteiger partial charge on any atom is 0.324 e. The Balaban J connectivity index is 1.97. The number of amides is 3. The zero-order chi connectivity index (χ0) is 13.8. The number of rotatable bonds is 4. The number of nitrogens with zero attached hydrogens (tertiary/aromatic N) is 1. The van der Waals surface area contributed by atoms with Gasteiger partial charge in [0.25, 0.3) is 5.91 Å². The van der Waals surface area contributed by atoms with Gasteiger partial charge in [-0.1, -0.05) is 0 Å². The van der Waals surface area contributed by atoms with Crippen molar-refractivity contribution in [2.75, 3.05) is 25.5 Å². The lowest BCUT2D eigenvalue weighted by Crippen LogP contribution is -2.43. The standard InChI is InChI=1S/C13H17N3O3/c1-9(12(17)16-8-7-14-13(16)18)15-10-3-5-11(19-2)6-4-10/h3-6,9,15H,7-8H2,1-2H3,(H,14,18)/t9-/m0/s1. The lowest BCUT2D eigenvalue weighted by atomic mass is 10.2. The van der Waals surface area contributed by atoms with Crippen LogP contribution in [0.5, 0.6) is 5.75 Å². The molecule has 6 nitrogen and oxygen atoms in total. The number of hydrogen-bond donors (Lipinski definition) is 2. The monoisotopic (exact) mass is 263 g/mol. The Morgan fingerprint density at radius 3 is 2.63 bits per heavy atom. The van der Waals surface area contributed by atoms with Gasteiger partial charge in [0.2, 0.25) is 0 Å². The van der Waals surface area contributed by atoms with E-state index in [-0.39, 0.29) is 11.9 Å². The second kappa shape index (κ2) is 5.60. The van der Waals surface area contributed by atoms with Crippen LogP contribution in [0.4, 0.5) is 10.5 Å². The van der Waals surface area contributed by atoms with Crippen molar-refractivity contribution >= 4 is 17.6 Å². The molecule has 1 fully saturated rings. The van der Waals surface area contributed by atoms with Crippen LogP contribution in [0.2, 0.25) is 0 Å². The molecule has 1 aliphatic rings. The van der Waals surface area contributed by atoms with Gasteiger partial charge in [-0.2, -0.15) is 0 Å². The number of carbonyl (C=O) groups excluding carboxylic acids is 2. The van der Waals surface area contributed by atoms with Crippen molar-refractivity contribution in [1.82, 2.24) is 10.2 Å². The van der Waals surface area contributed by atoms with Crippen molar-refractivity contribution in [2.45, 2.75) is 13.0 Å². The number of urea groups is 1. The second-order valence-electron chi connectivity index (χ2n) is 4.32. The molecule has 6 heteroatoms. The van der Waals surface area contributed by atoms with Gasteiger partial charge in [-0.05, 0) is 31.2 Å². The van der Waals surface area contributed by atoms with Crippen molar-refractivity contribution < 1.29 is 14.3 Å². The zero-order valence-electron chi connectivity index (χ0n) is 11.0. The second-order valence-corrected chi connectivity index (χ2v) is 4.32. The number of benzene rings is 1. The Morgan fingerprint density at radius 1 is 1.42 bits per heavy atom. The minimum absolute atomic E-state index is 0.231. The van der Waals surface area contributed by atoms with E-state index < -0.39 is 6.04 Å². The van der Waals surface area contributed by atoms with E-state index in [0.29, 0.717) is 13.1 Å². The van der Waals surface area contributed by atoms with Crippen LogP contribution < -0.4 is 15.4 Å². The van der Waals surface area contributed by atoms with Gasteiger partial charge in [-0.15, -0.1) is 0 Å². The molecule has 0 saturated carbocycles. The molecule has 1 atom stereocenters. The zero-order valence-corrected chi connectivity index (χ0v) is 11.0. The van der Waals surface area contributed by atoms with Crippen molar-refractivity contribution in [2.24, 2.45) is 0 Å². The van der Waals surface area contributed by atoms with Gasteiger partial charge in [0.1, 0.15) is 11.8 Å². The first kappa shape index (κ1) is 13.2. The SMILES string of the molecule is COc1ccc(N[C@@H](C)C(=O)N2CCNC2=O)cc1. The molecule has 102 valence electrons. The molecule has 0 unspecified atom stereocenters. The third-order valence-corrected chi connectivity index (χ3v) is 2.97. The highest BCUT2D eigenvalue weighted by Crippen LogP contribution is 2.16. The molecular formula is C13H17N3O3. The van der Waals surface area contributed by atoms with E-state index in [2.05, 4.69) is 10.6 Å². The Bertz CT molecular complexity index is 473. The molecule has 1 aromatic carbocycles. The van der Waals surface area contributed by atoms with Gasteiger partial charge in [0.05, 0.1) is 7.11 Å². The topological polar surface area (TPSA) is 70.7 Å². The predicted octanol–water partition coefficient (Wildman–Crippen LogP) is 1.05. The van der Waals surface area contributed by atoms with E-state index in [0.717, 1.165) is 11.4 Å². The van der Waals surface area contributed by atoms with Crippen molar-refractivity contribution in [3.8, 4) is 5.75 Å². The molecule has 2 N–H and O–H groups in total. The number of methoxy groups -OCH3 is 1. The summed E-state index contributed by atoms with van der Waals surface area (Å²) >= 11 is 0. The van der Waals surface area contributed by atoms with E-state index in [4.69, 9.17) is 4.74 Å². The van der Waals surface area contributed by atoms with Crippen LogP contribution in [0, 0.1) is 0 Å². The average Bonchev–Trinajstić information content (AvgIpc) is 2.85. The van der Waals surface area contributed by atoms with Crippen LogP contribution in [0.1, 0.15) is 6.92 Å². The minimum atomic E-state index is -0.461. The number of ether oxygens (including phenoxy) is 1. The first-order valence-corrected chi connectivity index (χ1v) is 6.11. The summed E-state index contributed by atoms with van der Waals surface area (Å²) in [7, 11) is 1.60. The van der Waals surface area contributed by atoms with E-state index in [1.807, 2.05) is 24.3 Å². The third kappa shape index (κ3) is 2.96. The van der Waals surface area contributed by atoms with E-state index >= 15 is 0 Å². The number of imide groups is 1. The lowest BCUT2D eigenvalue weighted by Gasteiger charge is -2.19. The fourth-order valence-electron chi connectivity index (χ4n) is 1.91. The normalized spacial score (nSPS) is 15.9.